The number of carbonyl (C=O) groups is 1. The molecule has 0 saturated heterocycles. The van der Waals surface area contributed by atoms with Crippen molar-refractivity contribution in [1.29, 1.82) is 0 Å². The summed E-state index contributed by atoms with van der Waals surface area (Å²) in [5.41, 5.74) is 0.662. The first-order valence-corrected chi connectivity index (χ1v) is 3.62. The Hall–Kier alpha value is -0.960. The topological polar surface area (TPSA) is 37.3 Å². The quantitative estimate of drug-likeness (QED) is 0.731. The molecule has 1 radical (unpaired) electrons. The van der Waals surface area contributed by atoms with Crippen molar-refractivity contribution >= 4 is 18.6 Å². The Morgan fingerprint density at radius 1 is 1.36 bits per heavy atom. The molecule has 1 aromatic carbocycles. The zero-order valence-electron chi connectivity index (χ0n) is 5.73. The fraction of sp³-hybridized carbons (Fsp3) is 0.125. The number of hydrogen-bond donors (Lipinski definition) is 1. The van der Waals surface area contributed by atoms with E-state index in [1.165, 1.54) is 0 Å². The van der Waals surface area contributed by atoms with Crippen LogP contribution in [0.1, 0.15) is 10.8 Å². The highest BCUT2D eigenvalue weighted by Gasteiger charge is 2.13. The van der Waals surface area contributed by atoms with E-state index in [9.17, 15) is 4.79 Å². The summed E-state index contributed by atoms with van der Waals surface area (Å²) >= 11 is 4.73. The number of aliphatic carboxylic acids is 1. The Morgan fingerprint density at radius 2 is 1.91 bits per heavy atom. The Kier molecular flexibility index (Phi) is 2.54. The molecular weight excluding hydrogens is 160 g/mol. The average molecular weight is 167 g/mol. The molecule has 0 aliphatic heterocycles. The maximum absolute atomic E-state index is 10.4. The first kappa shape index (κ1) is 8.14. The minimum absolute atomic E-state index is 0.662. The number of rotatable bonds is 2. The molecule has 0 aromatic heterocycles. The van der Waals surface area contributed by atoms with Gasteiger partial charge in [-0.1, -0.05) is 43.0 Å². The van der Waals surface area contributed by atoms with Crippen LogP contribution in [0.5, 0.6) is 0 Å². The second kappa shape index (κ2) is 3.44. The Morgan fingerprint density at radius 3 is 2.36 bits per heavy atom. The van der Waals surface area contributed by atoms with Crippen molar-refractivity contribution in [3.63, 3.8) is 0 Å². The maximum Gasteiger partial charge on any atom is 0.322 e. The first-order valence-electron chi connectivity index (χ1n) is 3.15. The van der Waals surface area contributed by atoms with E-state index in [2.05, 4.69) is 0 Å². The van der Waals surface area contributed by atoms with Gasteiger partial charge in [-0.25, -0.2) is 0 Å². The summed E-state index contributed by atoms with van der Waals surface area (Å²) in [6.07, 6.45) is 0. The fourth-order valence-corrected chi connectivity index (χ4v) is 0.928. The number of hydrogen-bond acceptors (Lipinski definition) is 1. The molecule has 0 bridgehead atoms. The minimum atomic E-state index is -0.966. The van der Waals surface area contributed by atoms with Crippen LogP contribution in [0.4, 0.5) is 0 Å². The molecule has 57 valence electrons. The van der Waals surface area contributed by atoms with E-state index in [4.69, 9.17) is 17.7 Å². The Balaban J connectivity index is 2.85. The van der Waals surface area contributed by atoms with Crippen molar-refractivity contribution in [2.24, 2.45) is 0 Å². The molecule has 0 aliphatic rings. The zero-order chi connectivity index (χ0) is 8.27. The van der Waals surface area contributed by atoms with E-state index in [1.54, 1.807) is 24.3 Å². The van der Waals surface area contributed by atoms with Crippen LogP contribution in [0.15, 0.2) is 30.3 Å². The van der Waals surface area contributed by atoms with Crippen LogP contribution in [-0.4, -0.2) is 11.1 Å². The lowest BCUT2D eigenvalue weighted by Gasteiger charge is -2.02. The standard InChI is InChI=1S/C8H7O2S/c9-8(10)7(11)6-4-2-1-3-5-6/h1-5,7H,(H,9,10). The summed E-state index contributed by atoms with van der Waals surface area (Å²) in [5, 5.41) is 7.71. The monoisotopic (exact) mass is 167 g/mol. The largest absolute Gasteiger partial charge is 0.480 e. The van der Waals surface area contributed by atoms with Gasteiger partial charge < -0.3 is 5.11 Å². The van der Waals surface area contributed by atoms with Gasteiger partial charge in [-0.15, -0.1) is 0 Å². The minimum Gasteiger partial charge on any atom is -0.480 e. The van der Waals surface area contributed by atoms with Crippen molar-refractivity contribution < 1.29 is 9.90 Å². The van der Waals surface area contributed by atoms with E-state index >= 15 is 0 Å². The molecule has 0 aliphatic carbocycles. The summed E-state index contributed by atoms with van der Waals surface area (Å²) < 4.78 is 0. The van der Waals surface area contributed by atoms with Gasteiger partial charge in [-0.2, -0.15) is 0 Å². The van der Waals surface area contributed by atoms with Gasteiger partial charge >= 0.3 is 5.97 Å². The summed E-state index contributed by atoms with van der Waals surface area (Å²) in [6, 6.07) is 8.81. The van der Waals surface area contributed by atoms with Crippen LogP contribution in [0.3, 0.4) is 0 Å². The van der Waals surface area contributed by atoms with Gasteiger partial charge in [0, 0.05) is 0 Å². The van der Waals surface area contributed by atoms with E-state index in [1.807, 2.05) is 6.07 Å². The highest BCUT2D eigenvalue weighted by molar-refractivity contribution is 7.81. The molecule has 3 heteroatoms. The fourth-order valence-electron chi connectivity index (χ4n) is 0.770. The lowest BCUT2D eigenvalue weighted by molar-refractivity contribution is -0.136. The van der Waals surface area contributed by atoms with Crippen molar-refractivity contribution in [1.82, 2.24) is 0 Å². The molecule has 1 aromatic rings. The van der Waals surface area contributed by atoms with E-state index < -0.39 is 11.2 Å². The zero-order valence-corrected chi connectivity index (χ0v) is 6.54. The van der Waals surface area contributed by atoms with Crippen LogP contribution >= 0.6 is 12.6 Å². The van der Waals surface area contributed by atoms with Gasteiger partial charge in [0.25, 0.3) is 0 Å². The number of benzene rings is 1. The molecule has 0 amide bonds. The molecule has 1 N–H and O–H groups in total. The average Bonchev–Trinajstić information content (AvgIpc) is 2.05. The van der Waals surface area contributed by atoms with Crippen LogP contribution < -0.4 is 0 Å². The third-order valence-corrected chi connectivity index (χ3v) is 1.80. The second-order valence-corrected chi connectivity index (χ2v) is 2.60. The smallest absolute Gasteiger partial charge is 0.322 e. The molecule has 2 nitrogen and oxygen atoms in total. The van der Waals surface area contributed by atoms with Gasteiger partial charge in [0.15, 0.2) is 0 Å². The highest BCUT2D eigenvalue weighted by Crippen LogP contribution is 2.18. The van der Waals surface area contributed by atoms with Gasteiger partial charge in [0.05, 0.1) is 0 Å². The van der Waals surface area contributed by atoms with Crippen LogP contribution in [-0.2, 0) is 4.79 Å². The van der Waals surface area contributed by atoms with Gasteiger partial charge in [-0.05, 0) is 5.56 Å². The molecule has 0 fully saturated rings. The molecule has 0 spiro atoms. The lowest BCUT2D eigenvalue weighted by atomic mass is 10.1. The summed E-state index contributed by atoms with van der Waals surface area (Å²) in [5.74, 6) is -0.966. The van der Waals surface area contributed by atoms with E-state index in [0.29, 0.717) is 5.56 Å². The molecule has 0 saturated carbocycles. The summed E-state index contributed by atoms with van der Waals surface area (Å²) in [7, 11) is 0. The Bertz CT molecular complexity index is 246. The van der Waals surface area contributed by atoms with Crippen molar-refractivity contribution in [2.45, 2.75) is 5.25 Å². The van der Waals surface area contributed by atoms with Crippen LogP contribution in [0.25, 0.3) is 0 Å². The van der Waals surface area contributed by atoms with E-state index in [-0.39, 0.29) is 0 Å². The van der Waals surface area contributed by atoms with Crippen LogP contribution in [0.2, 0.25) is 0 Å². The summed E-state index contributed by atoms with van der Waals surface area (Å²) in [6.45, 7) is 0. The maximum atomic E-state index is 10.4. The third-order valence-electron chi connectivity index (χ3n) is 1.33. The predicted octanol–water partition coefficient (Wildman–Crippen LogP) is 2.01. The number of carboxylic acid groups (broad SMARTS) is 1. The predicted molar refractivity (Wildman–Crippen MR) is 44.4 cm³/mol. The Labute approximate surface area is 70.3 Å². The SMILES string of the molecule is O=C(O)C([S])c1ccccc1. The van der Waals surface area contributed by atoms with Crippen LogP contribution in [0, 0.1) is 0 Å². The molecule has 11 heavy (non-hydrogen) atoms. The van der Waals surface area contributed by atoms with Gasteiger partial charge in [0.2, 0.25) is 0 Å². The normalized spacial score (nSPS) is 12.5. The second-order valence-electron chi connectivity index (χ2n) is 2.13. The third kappa shape index (κ3) is 1.98. The summed E-state index contributed by atoms with van der Waals surface area (Å²) in [4.78, 5) is 10.4. The molecule has 1 atom stereocenters. The molecule has 1 rings (SSSR count). The van der Waals surface area contributed by atoms with Gasteiger partial charge in [-0.3, -0.25) is 4.79 Å². The lowest BCUT2D eigenvalue weighted by Crippen LogP contribution is -2.04. The highest BCUT2D eigenvalue weighted by atomic mass is 32.1. The first-order chi connectivity index (χ1) is 5.22. The molecule has 0 heterocycles. The number of carboxylic acids is 1. The van der Waals surface area contributed by atoms with Gasteiger partial charge in [0.1, 0.15) is 5.25 Å². The van der Waals surface area contributed by atoms with Crippen molar-refractivity contribution in [3.05, 3.63) is 35.9 Å². The van der Waals surface area contributed by atoms with Crippen molar-refractivity contribution in [3.8, 4) is 0 Å². The molecular formula is C8H7O2S. The van der Waals surface area contributed by atoms with E-state index in [0.717, 1.165) is 0 Å². The van der Waals surface area contributed by atoms with Crippen molar-refractivity contribution in [2.75, 3.05) is 0 Å². The molecule has 1 unspecified atom stereocenters.